The van der Waals surface area contributed by atoms with Crippen molar-refractivity contribution in [1.82, 2.24) is 4.98 Å². The standard InChI is InChI=1S/C12H8N2.ClH.H2O/c1-3-9-5-6-10-4-2-8-14-12(10)11(9)13-7-1;;/h1-8H;1H;1H2. The van der Waals surface area contributed by atoms with Gasteiger partial charge in [-0.1, -0.05) is 12.1 Å². The number of pyridine rings is 2. The van der Waals surface area contributed by atoms with Crippen LogP contribution in [0.2, 0.25) is 0 Å². The molecule has 0 saturated carbocycles. The van der Waals surface area contributed by atoms with E-state index in [4.69, 9.17) is 0 Å². The van der Waals surface area contributed by atoms with Gasteiger partial charge in [0.2, 0.25) is 5.52 Å². The highest BCUT2D eigenvalue weighted by atomic mass is 35.5. The van der Waals surface area contributed by atoms with Crippen LogP contribution >= 0.6 is 0 Å². The summed E-state index contributed by atoms with van der Waals surface area (Å²) in [7, 11) is 0. The zero-order valence-corrected chi connectivity index (χ0v) is 9.20. The van der Waals surface area contributed by atoms with Crippen molar-refractivity contribution >= 4 is 21.8 Å². The minimum atomic E-state index is 0. The second-order valence-electron chi connectivity index (χ2n) is 3.28. The normalized spacial score (nSPS) is 9.50. The molecule has 16 heavy (non-hydrogen) atoms. The molecule has 3 aromatic rings. The zero-order chi connectivity index (χ0) is 9.38. The van der Waals surface area contributed by atoms with E-state index in [2.05, 4.69) is 34.2 Å². The number of aromatic nitrogens is 2. The van der Waals surface area contributed by atoms with Gasteiger partial charge in [-0.05, 0) is 18.2 Å². The maximum Gasteiger partial charge on any atom is 0.237 e. The predicted molar refractivity (Wildman–Crippen MR) is 59.4 cm³/mol. The summed E-state index contributed by atoms with van der Waals surface area (Å²) >= 11 is 0. The van der Waals surface area contributed by atoms with Crippen molar-refractivity contribution < 1.29 is 22.9 Å². The molecular weight excluding hydrogens is 224 g/mol. The van der Waals surface area contributed by atoms with Crippen molar-refractivity contribution in [2.24, 2.45) is 0 Å². The molecule has 82 valence electrons. The van der Waals surface area contributed by atoms with Crippen LogP contribution in [0, 0.1) is 0 Å². The van der Waals surface area contributed by atoms with Gasteiger partial charge < -0.3 is 17.9 Å². The van der Waals surface area contributed by atoms with E-state index in [-0.39, 0.29) is 17.9 Å². The van der Waals surface area contributed by atoms with E-state index in [1.54, 1.807) is 0 Å². The molecule has 0 aliphatic rings. The van der Waals surface area contributed by atoms with Crippen molar-refractivity contribution in [3.63, 3.8) is 0 Å². The Balaban J connectivity index is 0.000000640. The van der Waals surface area contributed by atoms with Crippen molar-refractivity contribution in [2.75, 3.05) is 0 Å². The summed E-state index contributed by atoms with van der Waals surface area (Å²) in [6, 6.07) is 12.3. The molecule has 1 aromatic carbocycles. The molecule has 0 atom stereocenters. The number of hydrogen-bond donors (Lipinski definition) is 0. The predicted octanol–water partition coefficient (Wildman–Crippen LogP) is -1.62. The number of fused-ring (bicyclic) bond motifs is 3. The number of H-pyrrole nitrogens is 1. The lowest BCUT2D eigenvalue weighted by atomic mass is 10.1. The summed E-state index contributed by atoms with van der Waals surface area (Å²) in [5.41, 5.74) is 2.14. The number of nitrogens with zero attached hydrogens (tertiary/aromatic N) is 1. The molecule has 2 heterocycles. The first-order chi connectivity index (χ1) is 6.95. The van der Waals surface area contributed by atoms with Gasteiger partial charge in [-0.25, -0.2) is 9.97 Å². The third-order valence-corrected chi connectivity index (χ3v) is 2.41. The molecule has 0 saturated heterocycles. The fraction of sp³-hybridized carbons (Fsp3) is 0. The molecule has 3 N–H and O–H groups in total. The third kappa shape index (κ3) is 1.83. The van der Waals surface area contributed by atoms with Gasteiger partial charge in [0.05, 0.1) is 0 Å². The fourth-order valence-corrected chi connectivity index (χ4v) is 1.73. The van der Waals surface area contributed by atoms with Gasteiger partial charge in [-0.3, -0.25) is 0 Å². The van der Waals surface area contributed by atoms with Gasteiger partial charge in [0, 0.05) is 23.0 Å². The van der Waals surface area contributed by atoms with Crippen LogP contribution in [0.3, 0.4) is 0 Å². The number of aromatic amines is 1. The summed E-state index contributed by atoms with van der Waals surface area (Å²) in [6.45, 7) is 0. The summed E-state index contributed by atoms with van der Waals surface area (Å²) in [6.07, 6.45) is 3.75. The molecule has 0 aliphatic heterocycles. The minimum Gasteiger partial charge on any atom is -1.00 e. The first-order valence-corrected chi connectivity index (χ1v) is 4.59. The molecule has 3 rings (SSSR count). The molecule has 0 bridgehead atoms. The van der Waals surface area contributed by atoms with E-state index in [1.165, 1.54) is 10.8 Å². The molecule has 0 radical (unpaired) electrons. The van der Waals surface area contributed by atoms with Gasteiger partial charge in [0.15, 0.2) is 6.20 Å². The Labute approximate surface area is 98.9 Å². The average molecular weight is 235 g/mol. The summed E-state index contributed by atoms with van der Waals surface area (Å²) in [5.74, 6) is 0. The van der Waals surface area contributed by atoms with E-state index >= 15 is 0 Å². The van der Waals surface area contributed by atoms with Crippen LogP contribution in [0.15, 0.2) is 48.8 Å². The molecule has 0 amide bonds. The first kappa shape index (κ1) is 12.4. The van der Waals surface area contributed by atoms with E-state index in [1.807, 2.05) is 24.5 Å². The van der Waals surface area contributed by atoms with E-state index in [0.29, 0.717) is 0 Å². The highest BCUT2D eigenvalue weighted by molar-refractivity contribution is 6.00. The van der Waals surface area contributed by atoms with Gasteiger partial charge in [-0.15, -0.1) is 0 Å². The summed E-state index contributed by atoms with van der Waals surface area (Å²) in [4.78, 5) is 7.61. The van der Waals surface area contributed by atoms with Crippen LogP contribution in [0.25, 0.3) is 21.8 Å². The van der Waals surface area contributed by atoms with Crippen LogP contribution in [0.4, 0.5) is 0 Å². The van der Waals surface area contributed by atoms with Crippen molar-refractivity contribution in [2.45, 2.75) is 0 Å². The molecule has 4 heteroatoms. The smallest absolute Gasteiger partial charge is 0.237 e. The molecule has 0 aliphatic carbocycles. The minimum absolute atomic E-state index is 0. The van der Waals surface area contributed by atoms with Crippen LogP contribution in [-0.2, 0) is 0 Å². The first-order valence-electron chi connectivity index (χ1n) is 4.59. The molecule has 3 nitrogen and oxygen atoms in total. The molecule has 0 spiro atoms. The Morgan fingerprint density at radius 2 is 1.69 bits per heavy atom. The topological polar surface area (TPSA) is 58.5 Å². The number of benzene rings is 1. The SMILES string of the molecule is O.[Cl-].c1cnc2c(c1)ccc1ccc[nH+]c12. The van der Waals surface area contributed by atoms with E-state index < -0.39 is 0 Å². The Morgan fingerprint density at radius 3 is 2.56 bits per heavy atom. The quantitative estimate of drug-likeness (QED) is 0.432. The molecule has 2 aromatic heterocycles. The lowest BCUT2D eigenvalue weighted by molar-refractivity contribution is -0.343. The Bertz CT molecular complexity index is 558. The van der Waals surface area contributed by atoms with Crippen LogP contribution in [0.1, 0.15) is 0 Å². The van der Waals surface area contributed by atoms with Crippen LogP contribution in [0.5, 0.6) is 0 Å². The van der Waals surface area contributed by atoms with Crippen molar-refractivity contribution in [1.29, 1.82) is 0 Å². The number of nitrogens with one attached hydrogen (secondary N) is 1. The molecule has 0 unspecified atom stereocenters. The second-order valence-corrected chi connectivity index (χ2v) is 3.28. The lowest BCUT2D eigenvalue weighted by Gasteiger charge is -1.96. The number of halogens is 1. The Kier molecular flexibility index (Phi) is 3.77. The Hall–Kier alpha value is -1.71. The van der Waals surface area contributed by atoms with Gasteiger partial charge in [0.25, 0.3) is 0 Å². The molecule has 0 fully saturated rings. The third-order valence-electron chi connectivity index (χ3n) is 2.41. The lowest BCUT2D eigenvalue weighted by Crippen LogP contribution is -3.00. The molecular formula is C12H11ClN2O. The highest BCUT2D eigenvalue weighted by Gasteiger charge is 2.05. The van der Waals surface area contributed by atoms with Crippen molar-refractivity contribution in [3.8, 4) is 0 Å². The maximum absolute atomic E-state index is 4.38. The fourth-order valence-electron chi connectivity index (χ4n) is 1.73. The second kappa shape index (κ2) is 4.88. The summed E-state index contributed by atoms with van der Waals surface area (Å²) in [5, 5.41) is 2.36. The zero-order valence-electron chi connectivity index (χ0n) is 8.44. The van der Waals surface area contributed by atoms with Crippen LogP contribution < -0.4 is 17.4 Å². The highest BCUT2D eigenvalue weighted by Crippen LogP contribution is 2.18. The van der Waals surface area contributed by atoms with Gasteiger partial charge in [-0.2, -0.15) is 0 Å². The number of hydrogen-bond acceptors (Lipinski definition) is 1. The number of rotatable bonds is 0. The van der Waals surface area contributed by atoms with E-state index in [9.17, 15) is 0 Å². The average Bonchev–Trinajstić information content (AvgIpc) is 2.29. The summed E-state index contributed by atoms with van der Waals surface area (Å²) < 4.78 is 0. The maximum atomic E-state index is 4.38. The van der Waals surface area contributed by atoms with Crippen molar-refractivity contribution in [3.05, 3.63) is 48.8 Å². The van der Waals surface area contributed by atoms with E-state index in [0.717, 1.165) is 11.0 Å². The van der Waals surface area contributed by atoms with Gasteiger partial charge in [0.1, 0.15) is 5.52 Å². The van der Waals surface area contributed by atoms with Crippen LogP contribution in [-0.4, -0.2) is 10.5 Å². The largest absolute Gasteiger partial charge is 1.00 e. The Morgan fingerprint density at radius 1 is 0.938 bits per heavy atom. The van der Waals surface area contributed by atoms with Gasteiger partial charge >= 0.3 is 0 Å². The monoisotopic (exact) mass is 234 g/mol.